The van der Waals surface area contributed by atoms with Crippen LogP contribution < -0.4 is 14.8 Å². The van der Waals surface area contributed by atoms with Crippen LogP contribution >= 0.6 is 0 Å². The highest BCUT2D eigenvalue weighted by Gasteiger charge is 2.10. The smallest absolute Gasteiger partial charge is 0.258 e. The average Bonchev–Trinajstić information content (AvgIpc) is 2.54. The lowest BCUT2D eigenvalue weighted by Crippen LogP contribution is -2.31. The molecule has 0 bridgehead atoms. The van der Waals surface area contributed by atoms with Crippen LogP contribution in [0.25, 0.3) is 0 Å². The third kappa shape index (κ3) is 5.33. The maximum absolute atomic E-state index is 12.0. The molecule has 0 aliphatic rings. The number of nitrogens with one attached hydrogen (secondary N) is 1. The first-order valence-corrected chi connectivity index (χ1v) is 7.80. The van der Waals surface area contributed by atoms with Gasteiger partial charge in [0.05, 0.1) is 12.6 Å². The van der Waals surface area contributed by atoms with Crippen molar-refractivity contribution in [1.82, 2.24) is 5.32 Å². The lowest BCUT2D eigenvalue weighted by Gasteiger charge is -2.15. The molecule has 0 heterocycles. The Labute approximate surface area is 137 Å². The highest BCUT2D eigenvalue weighted by Crippen LogP contribution is 2.17. The summed E-state index contributed by atoms with van der Waals surface area (Å²) in [4.78, 5) is 12.0. The SMILES string of the molecule is CCOc1ccc(C(C)NC(=O)COc2cccc(C)c2)cc1. The monoisotopic (exact) mass is 313 g/mol. The Hall–Kier alpha value is -2.49. The molecule has 0 saturated heterocycles. The molecule has 0 spiro atoms. The van der Waals surface area contributed by atoms with E-state index in [1.54, 1.807) is 0 Å². The molecule has 23 heavy (non-hydrogen) atoms. The van der Waals surface area contributed by atoms with E-state index in [0.717, 1.165) is 16.9 Å². The van der Waals surface area contributed by atoms with E-state index in [1.807, 2.05) is 69.3 Å². The second-order valence-corrected chi connectivity index (χ2v) is 5.40. The molecular formula is C19H23NO3. The minimum atomic E-state index is -0.145. The highest BCUT2D eigenvalue weighted by atomic mass is 16.5. The summed E-state index contributed by atoms with van der Waals surface area (Å²) in [7, 11) is 0. The van der Waals surface area contributed by atoms with Gasteiger partial charge in [0.25, 0.3) is 5.91 Å². The topological polar surface area (TPSA) is 47.6 Å². The van der Waals surface area contributed by atoms with E-state index in [9.17, 15) is 4.79 Å². The van der Waals surface area contributed by atoms with Crippen molar-refractivity contribution in [3.8, 4) is 11.5 Å². The van der Waals surface area contributed by atoms with E-state index in [0.29, 0.717) is 12.4 Å². The summed E-state index contributed by atoms with van der Waals surface area (Å²) < 4.78 is 10.9. The van der Waals surface area contributed by atoms with Crippen LogP contribution in [-0.2, 0) is 4.79 Å². The summed E-state index contributed by atoms with van der Waals surface area (Å²) >= 11 is 0. The molecule has 2 aromatic carbocycles. The fourth-order valence-corrected chi connectivity index (χ4v) is 2.24. The van der Waals surface area contributed by atoms with E-state index < -0.39 is 0 Å². The second-order valence-electron chi connectivity index (χ2n) is 5.40. The standard InChI is InChI=1S/C19H23NO3/c1-4-22-17-10-8-16(9-11-17)15(3)20-19(21)13-23-18-7-5-6-14(2)12-18/h5-12,15H,4,13H2,1-3H3,(H,20,21). The van der Waals surface area contributed by atoms with E-state index >= 15 is 0 Å². The summed E-state index contributed by atoms with van der Waals surface area (Å²) in [6, 6.07) is 15.3. The van der Waals surface area contributed by atoms with Gasteiger partial charge in [0.1, 0.15) is 11.5 Å². The highest BCUT2D eigenvalue weighted by molar-refractivity contribution is 5.78. The van der Waals surface area contributed by atoms with Crippen molar-refractivity contribution >= 4 is 5.91 Å². The molecule has 4 heteroatoms. The fraction of sp³-hybridized carbons (Fsp3) is 0.316. The zero-order chi connectivity index (χ0) is 16.7. The first-order valence-electron chi connectivity index (χ1n) is 7.80. The summed E-state index contributed by atoms with van der Waals surface area (Å²) in [5.74, 6) is 1.39. The van der Waals surface area contributed by atoms with Crippen LogP contribution in [0.3, 0.4) is 0 Å². The summed E-state index contributed by atoms with van der Waals surface area (Å²) in [6.07, 6.45) is 0. The predicted octanol–water partition coefficient (Wildman–Crippen LogP) is 3.65. The number of hydrogen-bond donors (Lipinski definition) is 1. The number of hydrogen-bond acceptors (Lipinski definition) is 3. The minimum absolute atomic E-state index is 0.00478. The maximum atomic E-state index is 12.0. The molecule has 1 N–H and O–H groups in total. The molecule has 0 aliphatic carbocycles. The number of benzene rings is 2. The van der Waals surface area contributed by atoms with Crippen molar-refractivity contribution in [2.45, 2.75) is 26.8 Å². The van der Waals surface area contributed by atoms with Gasteiger partial charge in [0, 0.05) is 0 Å². The van der Waals surface area contributed by atoms with Crippen molar-refractivity contribution in [3.63, 3.8) is 0 Å². The molecule has 122 valence electrons. The first kappa shape index (κ1) is 16.9. The number of carbonyl (C=O) groups excluding carboxylic acids is 1. The van der Waals surface area contributed by atoms with Gasteiger partial charge in [0.15, 0.2) is 6.61 Å². The third-order valence-corrected chi connectivity index (χ3v) is 3.43. The van der Waals surface area contributed by atoms with Crippen LogP contribution in [-0.4, -0.2) is 19.1 Å². The van der Waals surface area contributed by atoms with Gasteiger partial charge in [-0.1, -0.05) is 24.3 Å². The fourth-order valence-electron chi connectivity index (χ4n) is 2.24. The van der Waals surface area contributed by atoms with Crippen LogP contribution in [0, 0.1) is 6.92 Å². The molecule has 0 radical (unpaired) electrons. The Bertz CT molecular complexity index is 637. The third-order valence-electron chi connectivity index (χ3n) is 3.43. The molecule has 2 rings (SSSR count). The summed E-state index contributed by atoms with van der Waals surface area (Å²) in [6.45, 7) is 6.53. The molecule has 1 amide bonds. The van der Waals surface area contributed by atoms with Gasteiger partial charge in [0.2, 0.25) is 0 Å². The molecule has 2 aromatic rings. The molecule has 0 saturated carbocycles. The molecule has 1 atom stereocenters. The van der Waals surface area contributed by atoms with Crippen LogP contribution in [0.15, 0.2) is 48.5 Å². The van der Waals surface area contributed by atoms with Crippen LogP contribution in [0.5, 0.6) is 11.5 Å². The molecule has 0 aliphatic heterocycles. The summed E-state index contributed by atoms with van der Waals surface area (Å²) in [5, 5.41) is 2.93. The van der Waals surface area contributed by atoms with Crippen molar-refractivity contribution in [2.24, 2.45) is 0 Å². The zero-order valence-electron chi connectivity index (χ0n) is 13.8. The Morgan fingerprint density at radius 2 is 1.83 bits per heavy atom. The van der Waals surface area contributed by atoms with E-state index in [-0.39, 0.29) is 18.6 Å². The molecular weight excluding hydrogens is 290 g/mol. The van der Waals surface area contributed by atoms with Crippen LogP contribution in [0.1, 0.15) is 31.0 Å². The largest absolute Gasteiger partial charge is 0.494 e. The van der Waals surface area contributed by atoms with E-state index in [2.05, 4.69) is 5.32 Å². The van der Waals surface area contributed by atoms with Gasteiger partial charge >= 0.3 is 0 Å². The van der Waals surface area contributed by atoms with Crippen molar-refractivity contribution in [1.29, 1.82) is 0 Å². The molecule has 0 fully saturated rings. The summed E-state index contributed by atoms with van der Waals surface area (Å²) in [5.41, 5.74) is 2.13. The molecule has 1 unspecified atom stereocenters. The molecule has 0 aromatic heterocycles. The number of amides is 1. The molecule has 4 nitrogen and oxygen atoms in total. The van der Waals surface area contributed by atoms with Crippen molar-refractivity contribution in [3.05, 3.63) is 59.7 Å². The van der Waals surface area contributed by atoms with Crippen molar-refractivity contribution in [2.75, 3.05) is 13.2 Å². The Kier molecular flexibility index (Phi) is 6.03. The first-order chi connectivity index (χ1) is 11.1. The van der Waals surface area contributed by atoms with E-state index in [1.165, 1.54) is 0 Å². The number of ether oxygens (including phenoxy) is 2. The zero-order valence-corrected chi connectivity index (χ0v) is 13.8. The quantitative estimate of drug-likeness (QED) is 0.849. The Balaban J connectivity index is 1.84. The average molecular weight is 313 g/mol. The number of carbonyl (C=O) groups is 1. The van der Waals surface area contributed by atoms with Gasteiger partial charge in [-0.15, -0.1) is 0 Å². The van der Waals surface area contributed by atoms with Crippen molar-refractivity contribution < 1.29 is 14.3 Å². The Morgan fingerprint density at radius 1 is 1.09 bits per heavy atom. The maximum Gasteiger partial charge on any atom is 0.258 e. The Morgan fingerprint density at radius 3 is 2.48 bits per heavy atom. The normalized spacial score (nSPS) is 11.6. The number of aryl methyl sites for hydroxylation is 1. The van der Waals surface area contributed by atoms with Gasteiger partial charge in [-0.05, 0) is 56.2 Å². The van der Waals surface area contributed by atoms with Gasteiger partial charge in [-0.3, -0.25) is 4.79 Å². The predicted molar refractivity (Wildman–Crippen MR) is 90.8 cm³/mol. The van der Waals surface area contributed by atoms with Crippen LogP contribution in [0.4, 0.5) is 0 Å². The van der Waals surface area contributed by atoms with Gasteiger partial charge < -0.3 is 14.8 Å². The lowest BCUT2D eigenvalue weighted by molar-refractivity contribution is -0.123. The lowest BCUT2D eigenvalue weighted by atomic mass is 10.1. The number of rotatable bonds is 7. The minimum Gasteiger partial charge on any atom is -0.494 e. The van der Waals surface area contributed by atoms with Crippen LogP contribution in [0.2, 0.25) is 0 Å². The van der Waals surface area contributed by atoms with E-state index in [4.69, 9.17) is 9.47 Å². The van der Waals surface area contributed by atoms with Gasteiger partial charge in [-0.25, -0.2) is 0 Å². The van der Waals surface area contributed by atoms with Gasteiger partial charge in [-0.2, -0.15) is 0 Å². The second kappa shape index (κ2) is 8.22.